The number of ether oxygens (including phenoxy) is 1. The molecule has 0 aliphatic heterocycles. The van der Waals surface area contributed by atoms with E-state index in [4.69, 9.17) is 10.5 Å². The first-order valence-electron chi connectivity index (χ1n) is 5.29. The number of rotatable bonds is 5. The molecular weight excluding hydrogens is 270 g/mol. The lowest BCUT2D eigenvalue weighted by molar-refractivity contribution is -0.143. The quantitative estimate of drug-likeness (QED) is 0.846. The molecule has 1 unspecified atom stereocenters. The van der Waals surface area contributed by atoms with E-state index in [9.17, 15) is 4.79 Å². The molecule has 0 amide bonds. The second-order valence-electron chi connectivity index (χ2n) is 3.46. The van der Waals surface area contributed by atoms with Gasteiger partial charge in [-0.05, 0) is 25.1 Å². The van der Waals surface area contributed by atoms with Crippen LogP contribution in [0.4, 0.5) is 0 Å². The summed E-state index contributed by atoms with van der Waals surface area (Å²) < 4.78 is 5.91. The molecule has 0 aliphatic carbocycles. The summed E-state index contributed by atoms with van der Waals surface area (Å²) in [6, 6.07) is 7.80. The number of halogens is 1. The van der Waals surface area contributed by atoms with Crippen molar-refractivity contribution in [2.24, 2.45) is 5.73 Å². The molecule has 1 rings (SSSR count). The molecule has 0 radical (unpaired) electrons. The van der Waals surface area contributed by atoms with Gasteiger partial charge < -0.3 is 10.5 Å². The van der Waals surface area contributed by atoms with Gasteiger partial charge in [0.1, 0.15) is 0 Å². The van der Waals surface area contributed by atoms with Gasteiger partial charge in [0.2, 0.25) is 0 Å². The van der Waals surface area contributed by atoms with E-state index in [-0.39, 0.29) is 11.9 Å². The highest BCUT2D eigenvalue weighted by atomic mass is 79.9. The molecule has 0 saturated heterocycles. The lowest BCUT2D eigenvalue weighted by atomic mass is 9.96. The molecule has 0 heterocycles. The van der Waals surface area contributed by atoms with E-state index in [1.165, 1.54) is 0 Å². The zero-order valence-corrected chi connectivity index (χ0v) is 10.9. The Morgan fingerprint density at radius 1 is 1.50 bits per heavy atom. The van der Waals surface area contributed by atoms with E-state index < -0.39 is 0 Å². The molecule has 1 aromatic carbocycles. The summed E-state index contributed by atoms with van der Waals surface area (Å²) in [6.45, 7) is 2.64. The minimum atomic E-state index is -0.200. The Morgan fingerprint density at radius 2 is 2.19 bits per heavy atom. The topological polar surface area (TPSA) is 52.3 Å². The molecule has 0 fully saturated rings. The normalized spacial score (nSPS) is 12.2. The Labute approximate surface area is 104 Å². The number of hydrogen-bond donors (Lipinski definition) is 1. The minimum Gasteiger partial charge on any atom is -0.466 e. The van der Waals surface area contributed by atoms with Gasteiger partial charge in [0.05, 0.1) is 13.0 Å². The maximum Gasteiger partial charge on any atom is 0.306 e. The maximum atomic E-state index is 11.4. The van der Waals surface area contributed by atoms with Crippen molar-refractivity contribution in [3.05, 3.63) is 34.3 Å². The van der Waals surface area contributed by atoms with Crippen LogP contribution in [-0.4, -0.2) is 19.1 Å². The van der Waals surface area contributed by atoms with E-state index in [1.54, 1.807) is 6.92 Å². The van der Waals surface area contributed by atoms with E-state index >= 15 is 0 Å². The molecule has 3 nitrogen and oxygen atoms in total. The van der Waals surface area contributed by atoms with Gasteiger partial charge in [-0.3, -0.25) is 4.79 Å². The lowest BCUT2D eigenvalue weighted by Gasteiger charge is -2.15. The predicted octanol–water partition coefficient (Wildman–Crippen LogP) is 2.44. The number of benzene rings is 1. The van der Waals surface area contributed by atoms with Gasteiger partial charge in [0, 0.05) is 10.4 Å². The van der Waals surface area contributed by atoms with Crippen LogP contribution in [0.5, 0.6) is 0 Å². The fourth-order valence-corrected chi connectivity index (χ4v) is 2.16. The van der Waals surface area contributed by atoms with E-state index in [1.807, 2.05) is 24.3 Å². The standard InChI is InChI=1S/C12H16BrNO2/c1-2-16-12(15)7-9(8-14)10-5-3-4-6-11(10)13/h3-6,9H,2,7-8,14H2,1H3. The van der Waals surface area contributed by atoms with Crippen LogP contribution < -0.4 is 5.73 Å². The number of carbonyl (C=O) groups excluding carboxylic acids is 1. The highest BCUT2D eigenvalue weighted by Crippen LogP contribution is 2.26. The van der Waals surface area contributed by atoms with Crippen molar-refractivity contribution < 1.29 is 9.53 Å². The molecule has 0 aliphatic rings. The van der Waals surface area contributed by atoms with Gasteiger partial charge in [0.25, 0.3) is 0 Å². The Kier molecular flexibility index (Phi) is 5.49. The second-order valence-corrected chi connectivity index (χ2v) is 4.32. The summed E-state index contributed by atoms with van der Waals surface area (Å²) in [5.74, 6) is -0.191. The highest BCUT2D eigenvalue weighted by Gasteiger charge is 2.17. The second kappa shape index (κ2) is 6.66. The molecule has 0 spiro atoms. The summed E-state index contributed by atoms with van der Waals surface area (Å²) in [6.07, 6.45) is 0.326. The largest absolute Gasteiger partial charge is 0.466 e. The van der Waals surface area contributed by atoms with E-state index in [0.29, 0.717) is 19.6 Å². The molecule has 16 heavy (non-hydrogen) atoms. The van der Waals surface area contributed by atoms with Crippen LogP contribution in [0.15, 0.2) is 28.7 Å². The monoisotopic (exact) mass is 285 g/mol. The number of hydrogen-bond acceptors (Lipinski definition) is 3. The fraction of sp³-hybridized carbons (Fsp3) is 0.417. The predicted molar refractivity (Wildman–Crippen MR) is 67.2 cm³/mol. The smallest absolute Gasteiger partial charge is 0.306 e. The zero-order chi connectivity index (χ0) is 12.0. The molecule has 88 valence electrons. The Balaban J connectivity index is 2.75. The van der Waals surface area contributed by atoms with E-state index in [2.05, 4.69) is 15.9 Å². The summed E-state index contributed by atoms with van der Waals surface area (Å²) in [5.41, 5.74) is 6.74. The Morgan fingerprint density at radius 3 is 2.75 bits per heavy atom. The molecule has 2 N–H and O–H groups in total. The molecule has 0 aromatic heterocycles. The van der Waals surface area contributed by atoms with Crippen molar-refractivity contribution in [3.63, 3.8) is 0 Å². The van der Waals surface area contributed by atoms with Crippen LogP contribution in [-0.2, 0) is 9.53 Å². The van der Waals surface area contributed by atoms with Gasteiger partial charge >= 0.3 is 5.97 Å². The van der Waals surface area contributed by atoms with Crippen LogP contribution >= 0.6 is 15.9 Å². The third kappa shape index (κ3) is 3.61. The Hall–Kier alpha value is -0.870. The Bertz CT molecular complexity index is 355. The average Bonchev–Trinajstić information content (AvgIpc) is 2.27. The SMILES string of the molecule is CCOC(=O)CC(CN)c1ccccc1Br. The number of esters is 1. The van der Waals surface area contributed by atoms with Crippen LogP contribution in [0.25, 0.3) is 0 Å². The summed E-state index contributed by atoms with van der Waals surface area (Å²) >= 11 is 3.46. The summed E-state index contributed by atoms with van der Waals surface area (Å²) in [7, 11) is 0. The first-order chi connectivity index (χ1) is 7.69. The summed E-state index contributed by atoms with van der Waals surface area (Å²) in [4.78, 5) is 11.4. The summed E-state index contributed by atoms with van der Waals surface area (Å²) in [5, 5.41) is 0. The van der Waals surface area contributed by atoms with Crippen molar-refractivity contribution in [2.75, 3.05) is 13.2 Å². The van der Waals surface area contributed by atoms with Gasteiger partial charge in [-0.2, -0.15) is 0 Å². The molecule has 1 aromatic rings. The first-order valence-corrected chi connectivity index (χ1v) is 6.08. The minimum absolute atomic E-state index is 0.00891. The van der Waals surface area contributed by atoms with Gasteiger partial charge in [0.15, 0.2) is 0 Å². The molecule has 0 saturated carbocycles. The van der Waals surface area contributed by atoms with Crippen molar-refractivity contribution >= 4 is 21.9 Å². The van der Waals surface area contributed by atoms with Crippen molar-refractivity contribution in [2.45, 2.75) is 19.3 Å². The van der Waals surface area contributed by atoms with Crippen LogP contribution in [0.2, 0.25) is 0 Å². The van der Waals surface area contributed by atoms with Gasteiger partial charge in [-0.1, -0.05) is 34.1 Å². The first kappa shape index (κ1) is 13.2. The third-order valence-corrected chi connectivity index (χ3v) is 3.07. The van der Waals surface area contributed by atoms with Crippen LogP contribution in [0, 0.1) is 0 Å². The van der Waals surface area contributed by atoms with E-state index in [0.717, 1.165) is 10.0 Å². The van der Waals surface area contributed by atoms with Crippen LogP contribution in [0.3, 0.4) is 0 Å². The van der Waals surface area contributed by atoms with Crippen LogP contribution in [0.1, 0.15) is 24.8 Å². The lowest BCUT2D eigenvalue weighted by Crippen LogP contribution is -2.18. The third-order valence-electron chi connectivity index (χ3n) is 2.35. The molecule has 1 atom stereocenters. The number of carbonyl (C=O) groups is 1. The fourth-order valence-electron chi connectivity index (χ4n) is 1.55. The van der Waals surface area contributed by atoms with Crippen molar-refractivity contribution in [3.8, 4) is 0 Å². The van der Waals surface area contributed by atoms with Crippen molar-refractivity contribution in [1.29, 1.82) is 0 Å². The zero-order valence-electron chi connectivity index (χ0n) is 9.28. The van der Waals surface area contributed by atoms with Gasteiger partial charge in [-0.15, -0.1) is 0 Å². The molecule has 0 bridgehead atoms. The highest BCUT2D eigenvalue weighted by molar-refractivity contribution is 9.10. The maximum absolute atomic E-state index is 11.4. The number of nitrogens with two attached hydrogens (primary N) is 1. The average molecular weight is 286 g/mol. The molecular formula is C12H16BrNO2. The molecule has 4 heteroatoms. The van der Waals surface area contributed by atoms with Gasteiger partial charge in [-0.25, -0.2) is 0 Å². The van der Waals surface area contributed by atoms with Crippen molar-refractivity contribution in [1.82, 2.24) is 0 Å².